The third-order valence-electron chi connectivity index (χ3n) is 5.95. The molecular formula is C27H23NO3. The molecular weight excluding hydrogens is 386 g/mol. The average molecular weight is 409 g/mol. The minimum Gasteiger partial charge on any atom is -0.462 e. The van der Waals surface area contributed by atoms with Gasteiger partial charge < -0.3 is 9.47 Å². The number of carbonyl (C=O) groups excluding carboxylic acids is 1. The van der Waals surface area contributed by atoms with Crippen molar-refractivity contribution in [2.75, 3.05) is 0 Å². The summed E-state index contributed by atoms with van der Waals surface area (Å²) in [5.74, 6) is 0.282. The third-order valence-corrected chi connectivity index (χ3v) is 5.95. The zero-order chi connectivity index (χ0) is 21.6. The monoisotopic (exact) mass is 409 g/mol. The van der Waals surface area contributed by atoms with Crippen molar-refractivity contribution in [2.24, 2.45) is 0 Å². The van der Waals surface area contributed by atoms with Crippen LogP contribution in [0.3, 0.4) is 0 Å². The van der Waals surface area contributed by atoms with Crippen molar-refractivity contribution in [3.05, 3.63) is 102 Å². The van der Waals surface area contributed by atoms with E-state index in [0.717, 1.165) is 39.0 Å². The second kappa shape index (κ2) is 7.17. The Morgan fingerprint density at radius 1 is 1.03 bits per heavy atom. The van der Waals surface area contributed by atoms with Crippen LogP contribution in [0.4, 0.5) is 0 Å². The van der Waals surface area contributed by atoms with Gasteiger partial charge in [0.25, 0.3) is 0 Å². The number of carbonyl (C=O) groups is 1. The molecule has 0 amide bonds. The summed E-state index contributed by atoms with van der Waals surface area (Å²) in [5.41, 5.74) is 4.02. The van der Waals surface area contributed by atoms with Gasteiger partial charge in [0.05, 0.1) is 16.8 Å². The maximum atomic E-state index is 13.1. The van der Waals surface area contributed by atoms with Gasteiger partial charge in [-0.25, -0.2) is 4.79 Å². The number of esters is 1. The molecule has 0 aliphatic carbocycles. The molecule has 3 aromatic carbocycles. The predicted molar refractivity (Wildman–Crippen MR) is 122 cm³/mol. The molecule has 4 aromatic rings. The number of aryl methyl sites for hydroxylation is 1. The molecule has 0 bridgehead atoms. The van der Waals surface area contributed by atoms with Gasteiger partial charge in [-0.3, -0.25) is 4.57 Å². The normalized spacial score (nSPS) is 16.8. The molecule has 1 aliphatic rings. The van der Waals surface area contributed by atoms with Gasteiger partial charge in [0.1, 0.15) is 12.4 Å². The van der Waals surface area contributed by atoms with Crippen molar-refractivity contribution >= 4 is 16.9 Å². The molecule has 5 rings (SSSR count). The van der Waals surface area contributed by atoms with E-state index in [0.29, 0.717) is 0 Å². The number of para-hydroxylation sites is 2. The number of fused-ring (bicyclic) bond motifs is 5. The molecule has 0 radical (unpaired) electrons. The van der Waals surface area contributed by atoms with Crippen LogP contribution in [0.1, 0.15) is 18.1 Å². The highest BCUT2D eigenvalue weighted by atomic mass is 16.5. The van der Waals surface area contributed by atoms with E-state index in [-0.39, 0.29) is 12.2 Å². The fourth-order valence-corrected chi connectivity index (χ4v) is 4.24. The molecule has 4 nitrogen and oxygen atoms in total. The molecule has 0 fully saturated rings. The largest absolute Gasteiger partial charge is 0.462 e. The van der Waals surface area contributed by atoms with E-state index in [1.54, 1.807) is 0 Å². The van der Waals surface area contributed by atoms with Crippen LogP contribution in [0.5, 0.6) is 5.75 Å². The predicted octanol–water partition coefficient (Wildman–Crippen LogP) is 5.98. The summed E-state index contributed by atoms with van der Waals surface area (Å²) < 4.78 is 14.2. The molecule has 31 heavy (non-hydrogen) atoms. The van der Waals surface area contributed by atoms with Gasteiger partial charge in [-0.2, -0.15) is 0 Å². The van der Waals surface area contributed by atoms with E-state index in [2.05, 4.69) is 23.3 Å². The van der Waals surface area contributed by atoms with Crippen LogP contribution in [-0.4, -0.2) is 10.5 Å². The first-order valence-electron chi connectivity index (χ1n) is 10.3. The lowest BCUT2D eigenvalue weighted by Gasteiger charge is -2.40. The minimum atomic E-state index is -1.12. The van der Waals surface area contributed by atoms with Gasteiger partial charge in [0.15, 0.2) is 0 Å². The van der Waals surface area contributed by atoms with Crippen LogP contribution in [0.2, 0.25) is 0 Å². The Morgan fingerprint density at radius 2 is 1.77 bits per heavy atom. The van der Waals surface area contributed by atoms with Gasteiger partial charge in [-0.1, -0.05) is 67.2 Å². The number of hydrogen-bond acceptors (Lipinski definition) is 3. The van der Waals surface area contributed by atoms with Gasteiger partial charge in [-0.05, 0) is 36.2 Å². The standard InChI is InChI=1S/C27H23NO3/c1-18-10-9-14-22-24-16-21-13-7-8-15-23(21)28(24)27(3,31-25(18)22)19(2)26(29)30-17-20-11-5-4-6-12-20/h4-16H,2,17H2,1,3H3. The van der Waals surface area contributed by atoms with Crippen LogP contribution in [0.25, 0.3) is 22.2 Å². The maximum absolute atomic E-state index is 13.1. The molecule has 1 aliphatic heterocycles. The fraction of sp³-hybridized carbons (Fsp3) is 0.148. The second-order valence-corrected chi connectivity index (χ2v) is 8.00. The molecule has 1 aromatic heterocycles. The highest BCUT2D eigenvalue weighted by Crippen LogP contribution is 2.48. The minimum absolute atomic E-state index is 0.184. The molecule has 0 N–H and O–H groups in total. The van der Waals surface area contributed by atoms with E-state index in [9.17, 15) is 4.79 Å². The van der Waals surface area contributed by atoms with Gasteiger partial charge in [0, 0.05) is 17.9 Å². The Balaban J connectivity index is 1.59. The van der Waals surface area contributed by atoms with Gasteiger partial charge in [-0.15, -0.1) is 0 Å². The maximum Gasteiger partial charge on any atom is 0.339 e. The zero-order valence-electron chi connectivity index (χ0n) is 17.6. The van der Waals surface area contributed by atoms with Crippen molar-refractivity contribution in [2.45, 2.75) is 26.2 Å². The quantitative estimate of drug-likeness (QED) is 0.307. The van der Waals surface area contributed by atoms with E-state index in [4.69, 9.17) is 9.47 Å². The summed E-state index contributed by atoms with van der Waals surface area (Å²) >= 11 is 0. The molecule has 154 valence electrons. The smallest absolute Gasteiger partial charge is 0.339 e. The van der Waals surface area contributed by atoms with E-state index >= 15 is 0 Å². The first-order chi connectivity index (χ1) is 15.0. The first kappa shape index (κ1) is 19.2. The van der Waals surface area contributed by atoms with Crippen LogP contribution < -0.4 is 4.74 Å². The molecule has 0 spiro atoms. The van der Waals surface area contributed by atoms with Crippen molar-refractivity contribution in [3.63, 3.8) is 0 Å². The lowest BCUT2D eigenvalue weighted by molar-refractivity contribution is -0.143. The van der Waals surface area contributed by atoms with E-state index < -0.39 is 11.7 Å². The highest BCUT2D eigenvalue weighted by Gasteiger charge is 2.43. The van der Waals surface area contributed by atoms with Crippen molar-refractivity contribution in [3.8, 4) is 17.0 Å². The molecule has 2 heterocycles. The van der Waals surface area contributed by atoms with E-state index in [1.807, 2.05) is 80.6 Å². The van der Waals surface area contributed by atoms with Crippen molar-refractivity contribution in [1.29, 1.82) is 0 Å². The summed E-state index contributed by atoms with van der Waals surface area (Å²) in [5, 5.41) is 1.08. The van der Waals surface area contributed by atoms with Gasteiger partial charge >= 0.3 is 5.97 Å². The van der Waals surface area contributed by atoms with Crippen LogP contribution >= 0.6 is 0 Å². The summed E-state index contributed by atoms with van der Waals surface area (Å²) in [6, 6.07) is 25.9. The summed E-state index contributed by atoms with van der Waals surface area (Å²) in [4.78, 5) is 13.1. The highest BCUT2D eigenvalue weighted by molar-refractivity contribution is 5.94. The molecule has 0 saturated carbocycles. The number of benzene rings is 3. The van der Waals surface area contributed by atoms with Crippen molar-refractivity contribution < 1.29 is 14.3 Å². The molecule has 0 saturated heterocycles. The number of aromatic nitrogens is 1. The lowest BCUT2D eigenvalue weighted by atomic mass is 9.99. The number of nitrogens with zero attached hydrogens (tertiary/aromatic N) is 1. The van der Waals surface area contributed by atoms with Crippen LogP contribution in [0.15, 0.2) is 91.0 Å². The Morgan fingerprint density at radius 3 is 2.58 bits per heavy atom. The van der Waals surface area contributed by atoms with E-state index in [1.165, 1.54) is 0 Å². The van der Waals surface area contributed by atoms with Crippen LogP contribution in [-0.2, 0) is 21.9 Å². The number of ether oxygens (including phenoxy) is 2. The Bertz CT molecular complexity index is 1320. The SMILES string of the molecule is C=C(C(=O)OCc1ccccc1)C1(C)Oc2c(C)cccc2-c2cc3ccccc3n21. The number of rotatable bonds is 4. The van der Waals surface area contributed by atoms with Crippen LogP contribution in [0, 0.1) is 6.92 Å². The molecule has 4 heteroatoms. The van der Waals surface area contributed by atoms with Gasteiger partial charge in [0.2, 0.25) is 5.72 Å². The first-order valence-corrected chi connectivity index (χ1v) is 10.3. The zero-order valence-corrected chi connectivity index (χ0v) is 17.6. The lowest BCUT2D eigenvalue weighted by Crippen LogP contribution is -2.43. The topological polar surface area (TPSA) is 40.5 Å². The Kier molecular flexibility index (Phi) is 4.44. The molecule has 1 unspecified atom stereocenters. The Hall–Kier alpha value is -3.79. The molecule has 1 atom stereocenters. The average Bonchev–Trinajstić information content (AvgIpc) is 3.19. The number of hydrogen-bond donors (Lipinski definition) is 0. The summed E-state index contributed by atoms with van der Waals surface area (Å²) in [7, 11) is 0. The summed E-state index contributed by atoms with van der Waals surface area (Å²) in [6.07, 6.45) is 0. The Labute approximate surface area is 181 Å². The van der Waals surface area contributed by atoms with Crippen molar-refractivity contribution in [1.82, 2.24) is 4.57 Å². The second-order valence-electron chi connectivity index (χ2n) is 8.00. The summed E-state index contributed by atoms with van der Waals surface area (Å²) in [6.45, 7) is 8.20. The third kappa shape index (κ3) is 3.03. The fourth-order valence-electron chi connectivity index (χ4n) is 4.24.